The molecule has 0 saturated carbocycles. The lowest BCUT2D eigenvalue weighted by molar-refractivity contribution is -0.148. The highest BCUT2D eigenvalue weighted by molar-refractivity contribution is 5.68. The van der Waals surface area contributed by atoms with Crippen molar-refractivity contribution < 1.29 is 14.6 Å². The number of aliphatic carboxylic acids is 1. The summed E-state index contributed by atoms with van der Waals surface area (Å²) in [6.45, 7) is 2.36. The van der Waals surface area contributed by atoms with E-state index in [9.17, 15) is 4.79 Å². The van der Waals surface area contributed by atoms with Gasteiger partial charge < -0.3 is 9.84 Å². The van der Waals surface area contributed by atoms with Crippen LogP contribution in [0.25, 0.3) is 0 Å². The summed E-state index contributed by atoms with van der Waals surface area (Å²) in [6, 6.07) is 10.2. The number of rotatable bonds is 5. The van der Waals surface area contributed by atoms with Gasteiger partial charge in [-0.3, -0.25) is 4.90 Å². The van der Waals surface area contributed by atoms with Crippen LogP contribution in [0.2, 0.25) is 0 Å². The van der Waals surface area contributed by atoms with Crippen molar-refractivity contribution in [2.75, 3.05) is 19.7 Å². The molecule has 0 atom stereocenters. The van der Waals surface area contributed by atoms with Crippen LogP contribution in [0.3, 0.4) is 0 Å². The van der Waals surface area contributed by atoms with Crippen LogP contribution >= 0.6 is 0 Å². The van der Waals surface area contributed by atoms with E-state index in [0.29, 0.717) is 0 Å². The predicted octanol–water partition coefficient (Wildman–Crippen LogP) is 0.972. The van der Waals surface area contributed by atoms with E-state index >= 15 is 0 Å². The summed E-state index contributed by atoms with van der Waals surface area (Å²) in [5.41, 5.74) is 1.28. The number of carbonyl (C=O) groups is 1. The highest BCUT2D eigenvalue weighted by Crippen LogP contribution is 2.15. The summed E-state index contributed by atoms with van der Waals surface area (Å²) >= 11 is 0. The molecule has 2 rings (SSSR count). The lowest BCUT2D eigenvalue weighted by atomic mass is 10.1. The van der Waals surface area contributed by atoms with Gasteiger partial charge in [0.1, 0.15) is 6.61 Å². The Hall–Kier alpha value is -1.39. The van der Waals surface area contributed by atoms with Crippen molar-refractivity contribution in [1.82, 2.24) is 4.90 Å². The van der Waals surface area contributed by atoms with Gasteiger partial charge in [0, 0.05) is 19.6 Å². The first kappa shape index (κ1) is 11.1. The highest BCUT2D eigenvalue weighted by Gasteiger charge is 2.27. The Morgan fingerprint density at radius 3 is 2.69 bits per heavy atom. The summed E-state index contributed by atoms with van der Waals surface area (Å²) in [4.78, 5) is 12.5. The van der Waals surface area contributed by atoms with Gasteiger partial charge in [0.15, 0.2) is 0 Å². The van der Waals surface area contributed by atoms with Gasteiger partial charge in [-0.05, 0) is 5.56 Å². The first-order valence-corrected chi connectivity index (χ1v) is 5.34. The SMILES string of the molecule is O=C(O)COC1CN(Cc2ccccc2)C1. The van der Waals surface area contributed by atoms with Crippen LogP contribution in [0, 0.1) is 0 Å². The Bertz CT molecular complexity index is 347. The number of likely N-dealkylation sites (tertiary alicyclic amines) is 1. The molecule has 86 valence electrons. The fraction of sp³-hybridized carbons (Fsp3) is 0.417. The minimum Gasteiger partial charge on any atom is -0.480 e. The van der Waals surface area contributed by atoms with Gasteiger partial charge in [-0.15, -0.1) is 0 Å². The molecule has 0 radical (unpaired) electrons. The van der Waals surface area contributed by atoms with Crippen LogP contribution in [0.4, 0.5) is 0 Å². The second kappa shape index (κ2) is 5.09. The molecule has 4 nitrogen and oxygen atoms in total. The maximum absolute atomic E-state index is 10.3. The summed E-state index contributed by atoms with van der Waals surface area (Å²) in [7, 11) is 0. The van der Waals surface area contributed by atoms with E-state index in [-0.39, 0.29) is 12.7 Å². The van der Waals surface area contributed by atoms with E-state index in [1.165, 1.54) is 5.56 Å². The van der Waals surface area contributed by atoms with Crippen molar-refractivity contribution in [3.05, 3.63) is 35.9 Å². The molecule has 1 aromatic rings. The van der Waals surface area contributed by atoms with Crippen molar-refractivity contribution in [3.8, 4) is 0 Å². The first-order chi connectivity index (χ1) is 7.74. The van der Waals surface area contributed by atoms with Crippen LogP contribution in [-0.2, 0) is 16.1 Å². The van der Waals surface area contributed by atoms with E-state index < -0.39 is 5.97 Å². The Morgan fingerprint density at radius 2 is 2.06 bits per heavy atom. The number of hydrogen-bond donors (Lipinski definition) is 1. The molecule has 4 heteroatoms. The zero-order valence-corrected chi connectivity index (χ0v) is 9.00. The normalized spacial score (nSPS) is 17.0. The van der Waals surface area contributed by atoms with E-state index in [4.69, 9.17) is 9.84 Å². The van der Waals surface area contributed by atoms with Gasteiger partial charge in [0.05, 0.1) is 6.10 Å². The molecule has 0 unspecified atom stereocenters. The maximum atomic E-state index is 10.3. The van der Waals surface area contributed by atoms with Crippen molar-refractivity contribution >= 4 is 5.97 Å². The summed E-state index contributed by atoms with van der Waals surface area (Å²) in [6.07, 6.45) is 0.0832. The summed E-state index contributed by atoms with van der Waals surface area (Å²) in [5.74, 6) is -0.901. The Kier molecular flexibility index (Phi) is 3.54. The average molecular weight is 221 g/mol. The Labute approximate surface area is 94.4 Å². The topological polar surface area (TPSA) is 49.8 Å². The molecule has 1 aromatic carbocycles. The van der Waals surface area contributed by atoms with Crippen molar-refractivity contribution in [3.63, 3.8) is 0 Å². The van der Waals surface area contributed by atoms with Crippen molar-refractivity contribution in [1.29, 1.82) is 0 Å². The number of ether oxygens (including phenoxy) is 1. The predicted molar refractivity (Wildman–Crippen MR) is 59.1 cm³/mol. The van der Waals surface area contributed by atoms with E-state index in [0.717, 1.165) is 19.6 Å². The second-order valence-electron chi connectivity index (χ2n) is 4.01. The van der Waals surface area contributed by atoms with Crippen molar-refractivity contribution in [2.24, 2.45) is 0 Å². The van der Waals surface area contributed by atoms with E-state index in [1.54, 1.807) is 0 Å². The molecular formula is C12H15NO3. The van der Waals surface area contributed by atoms with E-state index in [2.05, 4.69) is 17.0 Å². The Balaban J connectivity index is 1.67. The molecule has 1 saturated heterocycles. The lowest BCUT2D eigenvalue weighted by Crippen LogP contribution is -2.51. The molecule has 0 amide bonds. The smallest absolute Gasteiger partial charge is 0.329 e. The second-order valence-corrected chi connectivity index (χ2v) is 4.01. The minimum atomic E-state index is -0.901. The molecule has 0 aromatic heterocycles. The van der Waals surface area contributed by atoms with Crippen LogP contribution in [0.15, 0.2) is 30.3 Å². The molecule has 1 aliphatic heterocycles. The Morgan fingerprint density at radius 1 is 1.38 bits per heavy atom. The third-order valence-electron chi connectivity index (χ3n) is 2.62. The van der Waals surface area contributed by atoms with Crippen LogP contribution in [0.1, 0.15) is 5.56 Å². The fourth-order valence-electron chi connectivity index (χ4n) is 1.79. The number of benzene rings is 1. The van der Waals surface area contributed by atoms with Crippen LogP contribution < -0.4 is 0 Å². The largest absolute Gasteiger partial charge is 0.480 e. The summed E-state index contributed by atoms with van der Waals surface area (Å²) < 4.78 is 5.17. The van der Waals surface area contributed by atoms with Gasteiger partial charge in [-0.1, -0.05) is 30.3 Å². The molecule has 0 aliphatic carbocycles. The molecule has 1 heterocycles. The lowest BCUT2D eigenvalue weighted by Gasteiger charge is -2.38. The molecule has 1 aliphatic rings. The van der Waals surface area contributed by atoms with Gasteiger partial charge >= 0.3 is 5.97 Å². The molecule has 16 heavy (non-hydrogen) atoms. The molecule has 1 fully saturated rings. The fourth-order valence-corrected chi connectivity index (χ4v) is 1.79. The zero-order chi connectivity index (χ0) is 11.4. The van der Waals surface area contributed by atoms with Gasteiger partial charge in [0.2, 0.25) is 0 Å². The van der Waals surface area contributed by atoms with Gasteiger partial charge in [-0.2, -0.15) is 0 Å². The number of carboxylic acid groups (broad SMARTS) is 1. The molecule has 0 spiro atoms. The number of nitrogens with zero attached hydrogens (tertiary/aromatic N) is 1. The highest BCUT2D eigenvalue weighted by atomic mass is 16.5. The van der Waals surface area contributed by atoms with Gasteiger partial charge in [0.25, 0.3) is 0 Å². The van der Waals surface area contributed by atoms with Crippen molar-refractivity contribution in [2.45, 2.75) is 12.6 Å². The van der Waals surface area contributed by atoms with E-state index in [1.807, 2.05) is 18.2 Å². The number of hydrogen-bond acceptors (Lipinski definition) is 3. The maximum Gasteiger partial charge on any atom is 0.329 e. The number of carboxylic acids is 1. The third-order valence-corrected chi connectivity index (χ3v) is 2.62. The van der Waals surface area contributed by atoms with Crippen LogP contribution in [0.5, 0.6) is 0 Å². The summed E-state index contributed by atoms with van der Waals surface area (Å²) in [5, 5.41) is 8.44. The molecular weight excluding hydrogens is 206 g/mol. The molecule has 1 N–H and O–H groups in total. The monoisotopic (exact) mass is 221 g/mol. The zero-order valence-electron chi connectivity index (χ0n) is 9.00. The van der Waals surface area contributed by atoms with Gasteiger partial charge in [-0.25, -0.2) is 4.79 Å². The molecule has 0 bridgehead atoms. The van der Waals surface area contributed by atoms with Crippen LogP contribution in [-0.4, -0.2) is 41.8 Å². The average Bonchev–Trinajstić information content (AvgIpc) is 2.22. The standard InChI is InChI=1S/C12H15NO3/c14-12(15)9-16-11-7-13(8-11)6-10-4-2-1-3-5-10/h1-5,11H,6-9H2,(H,14,15). The quantitative estimate of drug-likeness (QED) is 0.805. The first-order valence-electron chi connectivity index (χ1n) is 5.34. The minimum absolute atomic E-state index is 0.0832. The third kappa shape index (κ3) is 3.05.